The zero-order valence-electron chi connectivity index (χ0n) is 15.9. The molecule has 1 N–H and O–H groups in total. The molecule has 9 heteroatoms. The van der Waals surface area contributed by atoms with Crippen molar-refractivity contribution in [2.45, 2.75) is 38.9 Å². The average Bonchev–Trinajstić information content (AvgIpc) is 3.26. The van der Waals surface area contributed by atoms with E-state index in [9.17, 15) is 4.79 Å². The summed E-state index contributed by atoms with van der Waals surface area (Å²) < 4.78 is 14.1. The number of aryl methyl sites for hydroxylation is 1. The normalized spacial score (nSPS) is 18.2. The lowest BCUT2D eigenvalue weighted by molar-refractivity contribution is 0.00578. The molecule has 1 aliphatic heterocycles. The van der Waals surface area contributed by atoms with Crippen LogP contribution in [0.3, 0.4) is 0 Å². The maximum absolute atomic E-state index is 12.6. The number of nitrogens with one attached hydrogen (secondary N) is 1. The second-order valence-corrected chi connectivity index (χ2v) is 8.53. The molecule has 0 radical (unpaired) electrons. The van der Waals surface area contributed by atoms with Gasteiger partial charge in [-0.3, -0.25) is 10.1 Å². The van der Waals surface area contributed by atoms with E-state index in [2.05, 4.69) is 15.5 Å². The summed E-state index contributed by atoms with van der Waals surface area (Å²) in [6.45, 7) is 8.13. The minimum absolute atomic E-state index is 0.220. The molecule has 1 aliphatic rings. The van der Waals surface area contributed by atoms with Crippen LogP contribution < -0.4 is 10.8 Å². The summed E-state index contributed by atoms with van der Waals surface area (Å²) in [4.78, 5) is 12.6. The molecule has 27 heavy (non-hydrogen) atoms. The van der Waals surface area contributed by atoms with Crippen LogP contribution in [-0.4, -0.2) is 39.0 Å². The van der Waals surface area contributed by atoms with Gasteiger partial charge in [-0.05, 0) is 45.3 Å². The maximum Gasteiger partial charge on any atom is 0.494 e. The highest BCUT2D eigenvalue weighted by Crippen LogP contribution is 2.36. The minimum atomic E-state index is -0.437. The topological polar surface area (TPSA) is 78.3 Å². The first kappa shape index (κ1) is 18.2. The Morgan fingerprint density at radius 2 is 1.89 bits per heavy atom. The second kappa shape index (κ2) is 6.15. The summed E-state index contributed by atoms with van der Waals surface area (Å²) in [6.07, 6.45) is 0. The van der Waals surface area contributed by atoms with Crippen molar-refractivity contribution in [2.24, 2.45) is 7.05 Å². The quantitative estimate of drug-likeness (QED) is 0.703. The highest BCUT2D eigenvalue weighted by Gasteiger charge is 2.51. The zero-order chi connectivity index (χ0) is 19.4. The molecule has 140 valence electrons. The van der Waals surface area contributed by atoms with E-state index in [1.54, 1.807) is 5.51 Å². The van der Waals surface area contributed by atoms with E-state index in [-0.39, 0.29) is 5.91 Å². The van der Waals surface area contributed by atoms with Crippen molar-refractivity contribution in [1.82, 2.24) is 14.8 Å². The maximum atomic E-state index is 12.6. The van der Waals surface area contributed by atoms with E-state index < -0.39 is 18.3 Å². The lowest BCUT2D eigenvalue weighted by Gasteiger charge is -2.32. The minimum Gasteiger partial charge on any atom is -0.399 e. The fourth-order valence-electron chi connectivity index (χ4n) is 3.08. The van der Waals surface area contributed by atoms with E-state index in [1.165, 1.54) is 11.3 Å². The molecule has 1 aromatic carbocycles. The van der Waals surface area contributed by atoms with Crippen LogP contribution in [0.2, 0.25) is 0 Å². The van der Waals surface area contributed by atoms with E-state index in [1.807, 2.05) is 63.6 Å². The number of anilines is 1. The Kier molecular flexibility index (Phi) is 4.14. The molecule has 0 spiro atoms. The Labute approximate surface area is 161 Å². The number of benzene rings is 1. The Bertz CT molecular complexity index is 997. The first-order chi connectivity index (χ1) is 12.7. The molecule has 0 bridgehead atoms. The number of carbonyl (C=O) groups is 1. The molecule has 1 fully saturated rings. The molecule has 1 amide bonds. The van der Waals surface area contributed by atoms with Crippen molar-refractivity contribution < 1.29 is 14.1 Å². The largest absolute Gasteiger partial charge is 0.494 e. The van der Waals surface area contributed by atoms with Gasteiger partial charge in [0.2, 0.25) is 5.13 Å². The van der Waals surface area contributed by atoms with Gasteiger partial charge >= 0.3 is 7.12 Å². The third kappa shape index (κ3) is 3.05. The molecule has 1 saturated heterocycles. The van der Waals surface area contributed by atoms with E-state index in [0.717, 1.165) is 16.4 Å². The number of amides is 1. The van der Waals surface area contributed by atoms with Gasteiger partial charge in [0.05, 0.1) is 11.2 Å². The fraction of sp³-hybridized carbons (Fsp3) is 0.389. The van der Waals surface area contributed by atoms with Gasteiger partial charge in [0.15, 0.2) is 0 Å². The molecule has 4 rings (SSSR count). The average molecular weight is 384 g/mol. The van der Waals surface area contributed by atoms with Gasteiger partial charge in [-0.2, -0.15) is 0 Å². The number of fused-ring (bicyclic) bond motifs is 1. The molecule has 3 aromatic rings. The lowest BCUT2D eigenvalue weighted by atomic mass is 9.79. The predicted octanol–water partition coefficient (Wildman–Crippen LogP) is 2.58. The lowest BCUT2D eigenvalue weighted by Crippen LogP contribution is -2.41. The molecule has 0 atom stereocenters. The van der Waals surface area contributed by atoms with E-state index in [4.69, 9.17) is 9.31 Å². The Morgan fingerprint density at radius 3 is 2.52 bits per heavy atom. The summed E-state index contributed by atoms with van der Waals surface area (Å²) >= 11 is 1.28. The van der Waals surface area contributed by atoms with Crippen LogP contribution in [0.4, 0.5) is 5.13 Å². The SMILES string of the molecule is Cn1c(C(=O)Nc2nncs2)cc2ccc(B3OC(C)(C)C(C)(C)O3)cc21. The molecule has 0 unspecified atom stereocenters. The van der Waals surface area contributed by atoms with Crippen LogP contribution in [0.1, 0.15) is 38.2 Å². The van der Waals surface area contributed by atoms with Crippen molar-refractivity contribution in [3.8, 4) is 0 Å². The van der Waals surface area contributed by atoms with Crippen molar-refractivity contribution in [2.75, 3.05) is 5.32 Å². The third-order valence-corrected chi connectivity index (χ3v) is 6.01. The summed E-state index contributed by atoms with van der Waals surface area (Å²) in [5, 5.41) is 11.8. The smallest absolute Gasteiger partial charge is 0.399 e. The Balaban J connectivity index is 1.66. The first-order valence-electron chi connectivity index (χ1n) is 8.70. The first-order valence-corrected chi connectivity index (χ1v) is 9.58. The molecule has 0 aliphatic carbocycles. The van der Waals surface area contributed by atoms with Crippen molar-refractivity contribution >= 4 is 45.9 Å². The van der Waals surface area contributed by atoms with E-state index >= 15 is 0 Å². The van der Waals surface area contributed by atoms with Crippen LogP contribution in [-0.2, 0) is 16.4 Å². The molecular weight excluding hydrogens is 363 g/mol. The number of rotatable bonds is 3. The summed E-state index contributed by atoms with van der Waals surface area (Å²) in [7, 11) is 1.43. The third-order valence-electron chi connectivity index (χ3n) is 5.41. The molecule has 2 aromatic heterocycles. The summed E-state index contributed by atoms with van der Waals surface area (Å²) in [5.74, 6) is -0.220. The van der Waals surface area contributed by atoms with Crippen molar-refractivity contribution in [1.29, 1.82) is 0 Å². The summed E-state index contributed by atoms with van der Waals surface area (Å²) in [6, 6.07) is 7.84. The van der Waals surface area contributed by atoms with Crippen LogP contribution in [0.25, 0.3) is 10.9 Å². The van der Waals surface area contributed by atoms with Gasteiger partial charge < -0.3 is 13.9 Å². The predicted molar refractivity (Wildman–Crippen MR) is 106 cm³/mol. The van der Waals surface area contributed by atoms with Crippen LogP contribution in [0.15, 0.2) is 29.8 Å². The van der Waals surface area contributed by atoms with Crippen LogP contribution in [0.5, 0.6) is 0 Å². The van der Waals surface area contributed by atoms with Gasteiger partial charge in [0, 0.05) is 18.0 Å². The highest BCUT2D eigenvalue weighted by atomic mass is 32.1. The number of nitrogens with zero attached hydrogens (tertiary/aromatic N) is 3. The van der Waals surface area contributed by atoms with Gasteiger partial charge in [-0.25, -0.2) is 0 Å². The van der Waals surface area contributed by atoms with Crippen molar-refractivity contribution in [3.05, 3.63) is 35.5 Å². The standard InChI is InChI=1S/C18H21BN4O3S/c1-17(2)18(3,4)26-19(25-17)12-7-6-11-8-14(23(5)13(11)9-12)15(24)21-16-22-20-10-27-16/h6-10H,1-5H3,(H,21,22,24). The second-order valence-electron chi connectivity index (χ2n) is 7.69. The van der Waals surface area contributed by atoms with Crippen LogP contribution in [0, 0.1) is 0 Å². The Morgan fingerprint density at radius 1 is 1.19 bits per heavy atom. The molecule has 0 saturated carbocycles. The fourth-order valence-corrected chi connectivity index (χ4v) is 3.52. The number of aromatic nitrogens is 3. The number of hydrogen-bond donors (Lipinski definition) is 1. The molecular formula is C18H21BN4O3S. The van der Waals surface area contributed by atoms with Gasteiger partial charge in [-0.1, -0.05) is 23.5 Å². The highest BCUT2D eigenvalue weighted by molar-refractivity contribution is 7.13. The van der Waals surface area contributed by atoms with Crippen LogP contribution >= 0.6 is 11.3 Å². The van der Waals surface area contributed by atoms with Gasteiger partial charge in [-0.15, -0.1) is 10.2 Å². The number of hydrogen-bond acceptors (Lipinski definition) is 6. The zero-order valence-corrected chi connectivity index (χ0v) is 16.8. The molecule has 3 heterocycles. The Hall–Kier alpha value is -2.23. The monoisotopic (exact) mass is 384 g/mol. The number of carbonyl (C=O) groups excluding carboxylic acids is 1. The molecule has 7 nitrogen and oxygen atoms in total. The summed E-state index contributed by atoms with van der Waals surface area (Å²) in [5.41, 5.74) is 3.20. The van der Waals surface area contributed by atoms with Crippen molar-refractivity contribution in [3.63, 3.8) is 0 Å². The van der Waals surface area contributed by atoms with E-state index in [0.29, 0.717) is 10.8 Å². The van der Waals surface area contributed by atoms with Gasteiger partial charge in [0.25, 0.3) is 5.91 Å². The van der Waals surface area contributed by atoms with Gasteiger partial charge in [0.1, 0.15) is 11.2 Å².